The van der Waals surface area contributed by atoms with Gasteiger partial charge in [-0.15, -0.1) is 0 Å². The number of benzene rings is 2. The number of carboxylic acid groups (broad SMARTS) is 1. The first kappa shape index (κ1) is 29.5. The predicted molar refractivity (Wildman–Crippen MR) is 135 cm³/mol. The number of carbonyl (C=O) groups excluding carboxylic acids is 2. The van der Waals surface area contributed by atoms with Gasteiger partial charge < -0.3 is 19.6 Å². The number of hydrogen-bond donors (Lipinski definition) is 2. The molecule has 0 spiro atoms. The molecule has 210 valence electrons. The Hall–Kier alpha value is -4.07. The molecule has 2 N–H and O–H groups in total. The number of fused-ring (bicyclic) bond motifs is 1. The van der Waals surface area contributed by atoms with Gasteiger partial charge in [0.15, 0.2) is 15.4 Å². The fraction of sp³-hybridized carbons (Fsp3) is 0.360. The van der Waals surface area contributed by atoms with Crippen molar-refractivity contribution in [1.82, 2.24) is 15.2 Å². The molecule has 0 aliphatic heterocycles. The van der Waals surface area contributed by atoms with Crippen LogP contribution in [0.3, 0.4) is 0 Å². The third-order valence-corrected chi connectivity index (χ3v) is 7.15. The Kier molecular flexibility index (Phi) is 9.93. The van der Waals surface area contributed by atoms with E-state index < -0.39 is 57.8 Å². The zero-order chi connectivity index (χ0) is 28.6. The summed E-state index contributed by atoms with van der Waals surface area (Å²) < 4.78 is 61.4. The second kappa shape index (κ2) is 13.1. The maximum absolute atomic E-state index is 13.5. The molecule has 0 fully saturated rings. The number of amides is 3. The Balaban J connectivity index is 1.89. The average molecular weight is 568 g/mol. The van der Waals surface area contributed by atoms with Crippen LogP contribution in [0, 0.1) is 0 Å². The number of nitrogens with one attached hydrogen (secondary N) is 1. The molecule has 11 nitrogen and oxygen atoms in total. The first-order valence-corrected chi connectivity index (χ1v) is 13.8. The third-order valence-electron chi connectivity index (χ3n) is 5.55. The Labute approximate surface area is 222 Å². The van der Waals surface area contributed by atoms with Crippen LogP contribution in [-0.2, 0) is 20.4 Å². The van der Waals surface area contributed by atoms with Crippen LogP contribution >= 0.6 is 0 Å². The number of oxazole rings is 1. The quantitative estimate of drug-likeness (QED) is 0.293. The lowest BCUT2D eigenvalue weighted by Crippen LogP contribution is -2.53. The minimum atomic E-state index is -4.30. The van der Waals surface area contributed by atoms with Crippen LogP contribution in [0.25, 0.3) is 11.1 Å². The van der Waals surface area contributed by atoms with Crippen LogP contribution in [0.15, 0.2) is 52.9 Å². The Morgan fingerprint density at radius 2 is 1.79 bits per heavy atom. The number of nitrogens with zero attached hydrogens (tertiary/aromatic N) is 2. The lowest BCUT2D eigenvalue weighted by molar-refractivity contribution is -0.130. The first-order valence-electron chi connectivity index (χ1n) is 11.9. The summed E-state index contributed by atoms with van der Waals surface area (Å²) in [7, 11) is -4.30. The van der Waals surface area contributed by atoms with Crippen molar-refractivity contribution >= 4 is 38.8 Å². The summed E-state index contributed by atoms with van der Waals surface area (Å²) in [6.45, 7) is -1.45. The molecule has 3 rings (SSSR count). The molecule has 2 aromatic carbocycles. The lowest BCUT2D eigenvalue weighted by atomic mass is 10.2. The molecule has 0 aliphatic rings. The van der Waals surface area contributed by atoms with Gasteiger partial charge in [-0.05, 0) is 24.6 Å². The molecular formula is C25H27F2N3O8S. The average Bonchev–Trinajstić information content (AvgIpc) is 3.30. The molecule has 1 aromatic heterocycles. The number of para-hydroxylation sites is 3. The van der Waals surface area contributed by atoms with Crippen molar-refractivity contribution in [2.75, 3.05) is 12.3 Å². The highest BCUT2D eigenvalue weighted by Crippen LogP contribution is 2.23. The normalized spacial score (nSPS) is 12.3. The topological polar surface area (TPSA) is 156 Å². The Bertz CT molecular complexity index is 1390. The number of ether oxygens (including phenoxy) is 1. The molecule has 0 saturated heterocycles. The van der Waals surface area contributed by atoms with Crippen LogP contribution < -0.4 is 10.1 Å². The van der Waals surface area contributed by atoms with Crippen molar-refractivity contribution in [1.29, 1.82) is 0 Å². The largest absolute Gasteiger partial charge is 0.465 e. The van der Waals surface area contributed by atoms with E-state index in [2.05, 4.69) is 9.72 Å². The van der Waals surface area contributed by atoms with Gasteiger partial charge in [0.25, 0.3) is 11.8 Å². The van der Waals surface area contributed by atoms with Gasteiger partial charge in [-0.2, -0.15) is 8.78 Å². The van der Waals surface area contributed by atoms with E-state index in [1.54, 1.807) is 24.3 Å². The molecule has 3 aromatic rings. The van der Waals surface area contributed by atoms with Crippen LogP contribution in [0.1, 0.15) is 42.4 Å². The SMILES string of the molecule is CCCCCN(C(=O)c1nc2ccccc2o1)C(=O)C(CS(=O)(=O)Cc1ccccc1OC(F)F)NC(=O)O. The fourth-order valence-corrected chi connectivity index (χ4v) is 5.37. The van der Waals surface area contributed by atoms with Crippen molar-refractivity contribution in [3.63, 3.8) is 0 Å². The van der Waals surface area contributed by atoms with E-state index >= 15 is 0 Å². The van der Waals surface area contributed by atoms with Crippen LogP contribution in [-0.4, -0.2) is 66.3 Å². The molecule has 1 atom stereocenters. The number of aromatic nitrogens is 1. The number of sulfone groups is 1. The van der Waals surface area contributed by atoms with E-state index in [0.29, 0.717) is 23.3 Å². The molecule has 0 saturated carbocycles. The number of unbranched alkanes of at least 4 members (excludes halogenated alkanes) is 2. The van der Waals surface area contributed by atoms with E-state index in [0.717, 1.165) is 12.5 Å². The van der Waals surface area contributed by atoms with Crippen molar-refractivity contribution in [2.24, 2.45) is 0 Å². The second-order valence-electron chi connectivity index (χ2n) is 8.53. The molecule has 39 heavy (non-hydrogen) atoms. The van der Waals surface area contributed by atoms with Crippen LogP contribution in [0.5, 0.6) is 5.75 Å². The molecule has 1 unspecified atom stereocenters. The van der Waals surface area contributed by atoms with E-state index in [-0.39, 0.29) is 23.4 Å². The Morgan fingerprint density at radius 3 is 2.46 bits per heavy atom. The van der Waals surface area contributed by atoms with Crippen LogP contribution in [0.4, 0.5) is 13.6 Å². The van der Waals surface area contributed by atoms with E-state index in [9.17, 15) is 36.7 Å². The number of alkyl halides is 2. The summed E-state index contributed by atoms with van der Waals surface area (Å²) in [5, 5.41) is 11.2. The fourth-order valence-electron chi connectivity index (χ4n) is 3.81. The highest BCUT2D eigenvalue weighted by molar-refractivity contribution is 7.90. The molecule has 14 heteroatoms. The number of hydrogen-bond acceptors (Lipinski definition) is 8. The molecule has 0 aliphatic carbocycles. The molecule has 3 amide bonds. The summed E-state index contributed by atoms with van der Waals surface area (Å²) in [6.07, 6.45) is 0.0254. The van der Waals surface area contributed by atoms with Gasteiger partial charge in [0.2, 0.25) is 0 Å². The second-order valence-corrected chi connectivity index (χ2v) is 10.6. The first-order chi connectivity index (χ1) is 18.5. The summed E-state index contributed by atoms with van der Waals surface area (Å²) in [6, 6.07) is 9.81. The number of rotatable bonds is 13. The van der Waals surface area contributed by atoms with Gasteiger partial charge in [0.05, 0.1) is 11.5 Å². The lowest BCUT2D eigenvalue weighted by Gasteiger charge is -2.25. The smallest absolute Gasteiger partial charge is 0.405 e. The van der Waals surface area contributed by atoms with Crippen LogP contribution in [0.2, 0.25) is 0 Å². The van der Waals surface area contributed by atoms with Gasteiger partial charge >= 0.3 is 18.6 Å². The van der Waals surface area contributed by atoms with Crippen molar-refractivity contribution < 1.29 is 45.8 Å². The molecular weight excluding hydrogens is 540 g/mol. The molecule has 1 heterocycles. The monoisotopic (exact) mass is 567 g/mol. The summed E-state index contributed by atoms with van der Waals surface area (Å²) in [5.74, 6) is -4.75. The van der Waals surface area contributed by atoms with Gasteiger partial charge in [0.1, 0.15) is 17.3 Å². The van der Waals surface area contributed by atoms with E-state index in [1.165, 1.54) is 18.2 Å². The summed E-state index contributed by atoms with van der Waals surface area (Å²) in [4.78, 5) is 43.0. The number of carbonyl (C=O) groups is 3. The number of halogens is 2. The minimum absolute atomic E-state index is 0.110. The maximum Gasteiger partial charge on any atom is 0.405 e. The Morgan fingerprint density at radius 1 is 1.10 bits per heavy atom. The molecule has 0 bridgehead atoms. The van der Waals surface area contributed by atoms with Gasteiger partial charge in [-0.25, -0.2) is 18.2 Å². The highest BCUT2D eigenvalue weighted by Gasteiger charge is 2.36. The van der Waals surface area contributed by atoms with E-state index in [4.69, 9.17) is 4.42 Å². The zero-order valence-corrected chi connectivity index (χ0v) is 21.7. The van der Waals surface area contributed by atoms with E-state index in [1.807, 2.05) is 12.2 Å². The number of imide groups is 1. The zero-order valence-electron chi connectivity index (χ0n) is 20.9. The molecule has 0 radical (unpaired) electrons. The predicted octanol–water partition coefficient (Wildman–Crippen LogP) is 3.84. The van der Waals surface area contributed by atoms with Crippen molar-refractivity contribution in [2.45, 2.75) is 44.6 Å². The highest BCUT2D eigenvalue weighted by atomic mass is 32.2. The minimum Gasteiger partial charge on any atom is -0.465 e. The standard InChI is InChI=1S/C25H27F2N3O8S/c1-2-3-8-13-30(23(32)21-28-17-10-5-7-12-20(17)37-21)22(31)18(29-25(33)34)15-39(35,36)14-16-9-4-6-11-19(16)38-24(26)27/h4-7,9-12,18,24,29H,2-3,8,13-15H2,1H3,(H,33,34). The van der Waals surface area contributed by atoms with Gasteiger partial charge in [-0.1, -0.05) is 50.1 Å². The third kappa shape index (κ3) is 8.21. The maximum atomic E-state index is 13.5. The summed E-state index contributed by atoms with van der Waals surface area (Å²) in [5.41, 5.74) is 0.533. The summed E-state index contributed by atoms with van der Waals surface area (Å²) >= 11 is 0. The van der Waals surface area contributed by atoms with Crippen molar-refractivity contribution in [3.8, 4) is 5.75 Å². The van der Waals surface area contributed by atoms with Crippen molar-refractivity contribution in [3.05, 3.63) is 60.0 Å². The van der Waals surface area contributed by atoms with Gasteiger partial charge in [0, 0.05) is 12.1 Å². The van der Waals surface area contributed by atoms with Gasteiger partial charge in [-0.3, -0.25) is 14.5 Å².